The van der Waals surface area contributed by atoms with Crippen LogP contribution in [0.1, 0.15) is 19.8 Å². The van der Waals surface area contributed by atoms with Crippen molar-refractivity contribution in [3.8, 4) is 5.75 Å². The molecule has 0 aliphatic heterocycles. The lowest BCUT2D eigenvalue weighted by molar-refractivity contribution is 0.00895. The summed E-state index contributed by atoms with van der Waals surface area (Å²) in [5.41, 5.74) is 0. The number of benzene rings is 1. The topological polar surface area (TPSA) is 36.9 Å². The number of hydrogen-bond donors (Lipinski definition) is 0. The molecule has 0 N–H and O–H groups in total. The molecule has 5 heteroatoms. The lowest BCUT2D eigenvalue weighted by Crippen LogP contribution is -2.12. The van der Waals surface area contributed by atoms with Gasteiger partial charge in [-0.15, -0.1) is 0 Å². The number of halogens is 1. The van der Waals surface area contributed by atoms with Crippen molar-refractivity contribution in [2.45, 2.75) is 19.8 Å². The minimum atomic E-state index is 0.556. The van der Waals surface area contributed by atoms with E-state index < -0.39 is 0 Å². The zero-order chi connectivity index (χ0) is 15.2. The molecule has 0 atom stereocenters. The Kier molecular flexibility index (Phi) is 11.8. The van der Waals surface area contributed by atoms with E-state index in [0.717, 1.165) is 18.8 Å². The Bertz CT molecular complexity index is 343. The second-order valence-electron chi connectivity index (χ2n) is 4.49. The summed E-state index contributed by atoms with van der Waals surface area (Å²) >= 11 is 2.27. The van der Waals surface area contributed by atoms with Gasteiger partial charge in [-0.3, -0.25) is 0 Å². The Balaban J connectivity index is 1.81. The summed E-state index contributed by atoms with van der Waals surface area (Å²) in [7, 11) is 0. The maximum Gasteiger partial charge on any atom is 0.119 e. The van der Waals surface area contributed by atoms with Crippen molar-refractivity contribution >= 4 is 22.6 Å². The Labute approximate surface area is 141 Å². The largest absolute Gasteiger partial charge is 0.491 e. The van der Waals surface area contributed by atoms with Gasteiger partial charge >= 0.3 is 0 Å². The summed E-state index contributed by atoms with van der Waals surface area (Å²) in [5, 5.41) is 0. The van der Waals surface area contributed by atoms with Gasteiger partial charge in [-0.05, 0) is 53.3 Å². The lowest BCUT2D eigenvalue weighted by Gasteiger charge is -2.08. The van der Waals surface area contributed by atoms with Gasteiger partial charge in [0.1, 0.15) is 12.4 Å². The predicted molar refractivity (Wildman–Crippen MR) is 92.0 cm³/mol. The normalized spacial score (nSPS) is 10.8. The molecule has 0 aliphatic rings. The van der Waals surface area contributed by atoms with Crippen LogP contribution in [0.25, 0.3) is 0 Å². The van der Waals surface area contributed by atoms with Crippen molar-refractivity contribution in [3.05, 3.63) is 27.8 Å². The van der Waals surface area contributed by atoms with Crippen LogP contribution in [0.4, 0.5) is 0 Å². The van der Waals surface area contributed by atoms with Gasteiger partial charge in [-0.1, -0.05) is 13.3 Å². The molecule has 1 aromatic rings. The van der Waals surface area contributed by atoms with Crippen LogP contribution < -0.4 is 4.74 Å². The highest BCUT2D eigenvalue weighted by Gasteiger charge is 1.95. The molecule has 0 saturated carbocycles. The maximum absolute atomic E-state index is 5.55. The van der Waals surface area contributed by atoms with E-state index in [1.807, 2.05) is 24.3 Å². The van der Waals surface area contributed by atoms with Gasteiger partial charge in [0.05, 0.1) is 33.0 Å². The van der Waals surface area contributed by atoms with E-state index in [4.69, 9.17) is 18.9 Å². The maximum atomic E-state index is 5.55. The van der Waals surface area contributed by atoms with Crippen LogP contribution in [0.5, 0.6) is 5.75 Å². The van der Waals surface area contributed by atoms with Gasteiger partial charge < -0.3 is 18.9 Å². The average molecular weight is 408 g/mol. The Morgan fingerprint density at radius 2 is 1.29 bits per heavy atom. The first-order valence-electron chi connectivity index (χ1n) is 7.44. The molecule has 1 rings (SSSR count). The molecule has 0 spiro atoms. The van der Waals surface area contributed by atoms with E-state index in [2.05, 4.69) is 29.5 Å². The molecule has 120 valence electrons. The third kappa shape index (κ3) is 10.9. The van der Waals surface area contributed by atoms with E-state index in [9.17, 15) is 0 Å². The zero-order valence-electron chi connectivity index (χ0n) is 12.7. The van der Waals surface area contributed by atoms with E-state index in [1.165, 1.54) is 9.99 Å². The summed E-state index contributed by atoms with van der Waals surface area (Å²) < 4.78 is 23.0. The summed E-state index contributed by atoms with van der Waals surface area (Å²) in [6, 6.07) is 7.97. The molecule has 0 aliphatic carbocycles. The molecule has 21 heavy (non-hydrogen) atoms. The molecule has 0 amide bonds. The lowest BCUT2D eigenvalue weighted by atomic mass is 10.3. The second kappa shape index (κ2) is 13.3. The summed E-state index contributed by atoms with van der Waals surface area (Å²) in [5.74, 6) is 0.875. The van der Waals surface area contributed by atoms with Crippen LogP contribution in [-0.2, 0) is 14.2 Å². The van der Waals surface area contributed by atoms with Crippen molar-refractivity contribution in [3.63, 3.8) is 0 Å². The number of rotatable bonds is 13. The van der Waals surface area contributed by atoms with Crippen LogP contribution in [-0.4, -0.2) is 46.2 Å². The van der Waals surface area contributed by atoms with E-state index in [0.29, 0.717) is 39.6 Å². The molecule has 4 nitrogen and oxygen atoms in total. The summed E-state index contributed by atoms with van der Waals surface area (Å²) in [6.07, 6.45) is 2.28. The third-order valence-corrected chi connectivity index (χ3v) is 3.42. The average Bonchev–Trinajstić information content (AvgIpc) is 2.50. The monoisotopic (exact) mass is 408 g/mol. The minimum Gasteiger partial charge on any atom is -0.491 e. The highest BCUT2D eigenvalue weighted by molar-refractivity contribution is 14.1. The summed E-state index contributed by atoms with van der Waals surface area (Å²) in [6.45, 7) is 6.59. The minimum absolute atomic E-state index is 0.556. The molecule has 0 heterocycles. The molecular weight excluding hydrogens is 383 g/mol. The Morgan fingerprint density at radius 1 is 0.762 bits per heavy atom. The van der Waals surface area contributed by atoms with Crippen LogP contribution in [0.3, 0.4) is 0 Å². The van der Waals surface area contributed by atoms with Crippen molar-refractivity contribution in [2.24, 2.45) is 0 Å². The van der Waals surface area contributed by atoms with Crippen LogP contribution in [0.15, 0.2) is 24.3 Å². The Morgan fingerprint density at radius 3 is 1.86 bits per heavy atom. The number of ether oxygens (including phenoxy) is 4. The molecule has 0 unspecified atom stereocenters. The SMILES string of the molecule is CCCCOCCOCCOCCOc1ccc(I)cc1. The van der Waals surface area contributed by atoms with E-state index in [-0.39, 0.29) is 0 Å². The van der Waals surface area contributed by atoms with Gasteiger partial charge in [-0.2, -0.15) is 0 Å². The van der Waals surface area contributed by atoms with Crippen LogP contribution in [0.2, 0.25) is 0 Å². The van der Waals surface area contributed by atoms with E-state index >= 15 is 0 Å². The first-order chi connectivity index (χ1) is 10.3. The standard InChI is InChI=1S/C16H25IO4/c1-2-3-8-18-9-10-19-11-12-20-13-14-21-16-6-4-15(17)5-7-16/h4-7H,2-3,8-14H2,1H3. The first kappa shape index (κ1) is 18.7. The fourth-order valence-electron chi connectivity index (χ4n) is 1.54. The smallest absolute Gasteiger partial charge is 0.119 e. The van der Waals surface area contributed by atoms with Gasteiger partial charge in [0.2, 0.25) is 0 Å². The fourth-order valence-corrected chi connectivity index (χ4v) is 1.90. The number of unbranched alkanes of at least 4 members (excludes halogenated alkanes) is 1. The molecule has 1 aromatic carbocycles. The van der Waals surface area contributed by atoms with Crippen molar-refractivity contribution in [1.29, 1.82) is 0 Å². The van der Waals surface area contributed by atoms with Crippen molar-refractivity contribution < 1.29 is 18.9 Å². The molecule has 0 fully saturated rings. The van der Waals surface area contributed by atoms with Crippen LogP contribution >= 0.6 is 22.6 Å². The molecule has 0 radical (unpaired) electrons. The van der Waals surface area contributed by atoms with Crippen LogP contribution in [0, 0.1) is 3.57 Å². The fraction of sp³-hybridized carbons (Fsp3) is 0.625. The van der Waals surface area contributed by atoms with Gasteiger partial charge in [-0.25, -0.2) is 0 Å². The van der Waals surface area contributed by atoms with Gasteiger partial charge in [0.15, 0.2) is 0 Å². The molecule has 0 saturated heterocycles. The highest BCUT2D eigenvalue weighted by atomic mass is 127. The Hall–Kier alpha value is -0.370. The summed E-state index contributed by atoms with van der Waals surface area (Å²) in [4.78, 5) is 0. The predicted octanol–water partition coefficient (Wildman–Crippen LogP) is 3.52. The van der Waals surface area contributed by atoms with Gasteiger partial charge in [0.25, 0.3) is 0 Å². The first-order valence-corrected chi connectivity index (χ1v) is 8.52. The van der Waals surface area contributed by atoms with Crippen molar-refractivity contribution in [2.75, 3.05) is 46.2 Å². The van der Waals surface area contributed by atoms with Crippen molar-refractivity contribution in [1.82, 2.24) is 0 Å². The molecule has 0 aromatic heterocycles. The third-order valence-electron chi connectivity index (χ3n) is 2.70. The van der Waals surface area contributed by atoms with Gasteiger partial charge in [0, 0.05) is 10.2 Å². The zero-order valence-corrected chi connectivity index (χ0v) is 14.8. The second-order valence-corrected chi connectivity index (χ2v) is 5.74. The highest BCUT2D eigenvalue weighted by Crippen LogP contribution is 2.13. The molecular formula is C16H25IO4. The molecule has 0 bridgehead atoms. The quantitative estimate of drug-likeness (QED) is 0.370. The van der Waals surface area contributed by atoms with E-state index in [1.54, 1.807) is 0 Å². The number of hydrogen-bond acceptors (Lipinski definition) is 4.